The summed E-state index contributed by atoms with van der Waals surface area (Å²) in [5, 5.41) is 9.22. The van der Waals surface area contributed by atoms with Gasteiger partial charge in [0.25, 0.3) is 5.56 Å². The highest BCUT2D eigenvalue weighted by Gasteiger charge is 2.27. The van der Waals surface area contributed by atoms with Crippen LogP contribution in [0.4, 0.5) is 0 Å². The van der Waals surface area contributed by atoms with Crippen LogP contribution in [0.25, 0.3) is 5.78 Å². The third-order valence-corrected chi connectivity index (χ3v) is 3.30. The first-order valence-electron chi connectivity index (χ1n) is 5.71. The Bertz CT molecular complexity index is 636. The standard InChI is InChI=1S/C11H12ClN3O3/c12-8-5-9(17)14-3-4-15(11(14)13-8)10-2-1-7(6-16)18-10/h3-5,7,10,16H,1-2,6H2/t7-,10-/m0/s1. The van der Waals surface area contributed by atoms with Gasteiger partial charge in [0.1, 0.15) is 11.4 Å². The normalized spacial score (nSPS) is 23.9. The smallest absolute Gasteiger partial charge is 0.260 e. The van der Waals surface area contributed by atoms with Crippen LogP contribution in [0.3, 0.4) is 0 Å². The fourth-order valence-corrected chi connectivity index (χ4v) is 2.40. The molecule has 1 N–H and O–H groups in total. The minimum atomic E-state index is -0.222. The van der Waals surface area contributed by atoms with Gasteiger partial charge in [0.15, 0.2) is 0 Å². The van der Waals surface area contributed by atoms with Crippen LogP contribution in [-0.4, -0.2) is 31.8 Å². The van der Waals surface area contributed by atoms with Gasteiger partial charge in [0, 0.05) is 18.5 Å². The van der Waals surface area contributed by atoms with Gasteiger partial charge in [-0.05, 0) is 12.8 Å². The van der Waals surface area contributed by atoms with Crippen LogP contribution >= 0.6 is 11.6 Å². The van der Waals surface area contributed by atoms with Crippen molar-refractivity contribution in [1.29, 1.82) is 0 Å². The molecule has 2 atom stereocenters. The summed E-state index contributed by atoms with van der Waals surface area (Å²) < 4.78 is 8.84. The molecule has 3 rings (SSSR count). The molecule has 2 aromatic rings. The molecule has 0 spiro atoms. The first kappa shape index (κ1) is 11.7. The Morgan fingerprint density at radius 3 is 3.06 bits per heavy atom. The maximum absolute atomic E-state index is 11.7. The Labute approximate surface area is 107 Å². The lowest BCUT2D eigenvalue weighted by atomic mass is 10.2. The van der Waals surface area contributed by atoms with Crippen molar-refractivity contribution in [3.05, 3.63) is 34.0 Å². The largest absolute Gasteiger partial charge is 0.394 e. The number of aliphatic hydroxyl groups is 1. The lowest BCUT2D eigenvalue weighted by molar-refractivity contribution is -0.0206. The molecule has 3 heterocycles. The average Bonchev–Trinajstić information content (AvgIpc) is 2.93. The van der Waals surface area contributed by atoms with Crippen LogP contribution in [0.2, 0.25) is 5.15 Å². The van der Waals surface area contributed by atoms with Crippen molar-refractivity contribution in [2.24, 2.45) is 0 Å². The zero-order chi connectivity index (χ0) is 12.7. The highest BCUT2D eigenvalue weighted by molar-refractivity contribution is 6.29. The summed E-state index contributed by atoms with van der Waals surface area (Å²) in [5.74, 6) is 0.455. The van der Waals surface area contributed by atoms with Gasteiger partial charge >= 0.3 is 0 Å². The number of nitrogens with zero attached hydrogens (tertiary/aromatic N) is 3. The van der Waals surface area contributed by atoms with Gasteiger partial charge in [-0.15, -0.1) is 0 Å². The van der Waals surface area contributed by atoms with Crippen molar-refractivity contribution < 1.29 is 9.84 Å². The van der Waals surface area contributed by atoms with Crippen LogP contribution in [0, 0.1) is 0 Å². The number of fused-ring (bicyclic) bond motifs is 1. The summed E-state index contributed by atoms with van der Waals surface area (Å²) >= 11 is 5.80. The quantitative estimate of drug-likeness (QED) is 0.820. The van der Waals surface area contributed by atoms with Gasteiger partial charge in [-0.3, -0.25) is 13.8 Å². The van der Waals surface area contributed by atoms with Crippen molar-refractivity contribution in [3.8, 4) is 0 Å². The van der Waals surface area contributed by atoms with Crippen LogP contribution < -0.4 is 5.56 Å². The van der Waals surface area contributed by atoms with Crippen molar-refractivity contribution in [2.45, 2.75) is 25.2 Å². The SMILES string of the molecule is O=c1cc(Cl)nc2n([C@@H]3CC[C@@H](CO)O3)ccn12. The Hall–Kier alpha value is -1.37. The summed E-state index contributed by atoms with van der Waals surface area (Å²) in [5.41, 5.74) is -0.222. The van der Waals surface area contributed by atoms with Gasteiger partial charge in [-0.1, -0.05) is 11.6 Å². The molecule has 1 saturated heterocycles. The zero-order valence-electron chi connectivity index (χ0n) is 9.49. The molecule has 0 amide bonds. The van der Waals surface area contributed by atoms with Crippen LogP contribution in [0.1, 0.15) is 19.1 Å². The highest BCUT2D eigenvalue weighted by atomic mass is 35.5. The minimum Gasteiger partial charge on any atom is -0.394 e. The van der Waals surface area contributed by atoms with Crippen molar-refractivity contribution >= 4 is 17.4 Å². The van der Waals surface area contributed by atoms with E-state index in [-0.39, 0.29) is 29.7 Å². The molecule has 18 heavy (non-hydrogen) atoms. The summed E-state index contributed by atoms with van der Waals surface area (Å²) in [4.78, 5) is 15.8. The summed E-state index contributed by atoms with van der Waals surface area (Å²) in [7, 11) is 0. The van der Waals surface area contributed by atoms with Gasteiger partial charge < -0.3 is 9.84 Å². The molecule has 1 fully saturated rings. The number of imidazole rings is 1. The summed E-state index contributed by atoms with van der Waals surface area (Å²) in [6.07, 6.45) is 4.58. The Kier molecular flexibility index (Phi) is 2.85. The molecular weight excluding hydrogens is 258 g/mol. The van der Waals surface area contributed by atoms with E-state index in [2.05, 4.69) is 4.98 Å². The molecule has 2 aromatic heterocycles. The molecule has 96 valence electrons. The molecule has 0 aliphatic carbocycles. The van der Waals surface area contributed by atoms with Crippen molar-refractivity contribution in [2.75, 3.05) is 6.61 Å². The first-order valence-corrected chi connectivity index (χ1v) is 6.09. The van der Waals surface area contributed by atoms with E-state index in [1.165, 1.54) is 10.5 Å². The average molecular weight is 270 g/mol. The summed E-state index contributed by atoms with van der Waals surface area (Å²) in [6, 6.07) is 1.27. The topological polar surface area (TPSA) is 68.8 Å². The zero-order valence-corrected chi connectivity index (χ0v) is 10.2. The molecule has 0 aromatic carbocycles. The molecule has 0 radical (unpaired) electrons. The maximum Gasteiger partial charge on any atom is 0.260 e. The minimum absolute atomic E-state index is 0.00380. The second kappa shape index (κ2) is 4.38. The van der Waals surface area contributed by atoms with Gasteiger partial charge in [-0.2, -0.15) is 0 Å². The van der Waals surface area contributed by atoms with E-state index >= 15 is 0 Å². The lowest BCUT2D eigenvalue weighted by Gasteiger charge is -2.14. The van der Waals surface area contributed by atoms with E-state index in [1.54, 1.807) is 17.0 Å². The predicted molar refractivity (Wildman–Crippen MR) is 64.7 cm³/mol. The number of hydrogen-bond donors (Lipinski definition) is 1. The molecule has 7 heteroatoms. The second-order valence-corrected chi connectivity index (χ2v) is 4.65. The number of ether oxygens (including phenoxy) is 1. The lowest BCUT2D eigenvalue weighted by Crippen LogP contribution is -2.17. The molecule has 6 nitrogen and oxygen atoms in total. The fraction of sp³-hybridized carbons (Fsp3) is 0.455. The monoisotopic (exact) mass is 269 g/mol. The van der Waals surface area contributed by atoms with E-state index in [1.807, 2.05) is 0 Å². The van der Waals surface area contributed by atoms with Crippen molar-refractivity contribution in [3.63, 3.8) is 0 Å². The molecule has 1 aliphatic heterocycles. The first-order chi connectivity index (χ1) is 8.69. The van der Waals surface area contributed by atoms with E-state index in [0.29, 0.717) is 5.78 Å². The number of aromatic nitrogens is 3. The highest BCUT2D eigenvalue weighted by Crippen LogP contribution is 2.29. The number of hydrogen-bond acceptors (Lipinski definition) is 4. The molecule has 0 unspecified atom stereocenters. The summed E-state index contributed by atoms with van der Waals surface area (Å²) in [6.45, 7) is 0.00380. The molecule has 0 bridgehead atoms. The van der Waals surface area contributed by atoms with Gasteiger partial charge in [0.2, 0.25) is 5.78 Å². The second-order valence-electron chi connectivity index (χ2n) is 4.27. The van der Waals surface area contributed by atoms with E-state index in [9.17, 15) is 4.79 Å². The van der Waals surface area contributed by atoms with E-state index < -0.39 is 0 Å². The third-order valence-electron chi connectivity index (χ3n) is 3.11. The number of halogens is 1. The van der Waals surface area contributed by atoms with Crippen molar-refractivity contribution in [1.82, 2.24) is 14.0 Å². The predicted octanol–water partition coefficient (Wildman–Crippen LogP) is 0.819. The van der Waals surface area contributed by atoms with E-state index in [0.717, 1.165) is 12.8 Å². The Balaban J connectivity index is 2.05. The molecular formula is C11H12ClN3O3. The Morgan fingerprint density at radius 1 is 1.50 bits per heavy atom. The van der Waals surface area contributed by atoms with Gasteiger partial charge in [-0.25, -0.2) is 4.98 Å². The number of rotatable bonds is 2. The van der Waals surface area contributed by atoms with Crippen LogP contribution in [-0.2, 0) is 4.74 Å². The van der Waals surface area contributed by atoms with Crippen LogP contribution in [0.15, 0.2) is 23.3 Å². The van der Waals surface area contributed by atoms with E-state index in [4.69, 9.17) is 21.4 Å². The number of aliphatic hydroxyl groups excluding tert-OH is 1. The molecule has 1 aliphatic rings. The van der Waals surface area contributed by atoms with Gasteiger partial charge in [0.05, 0.1) is 12.7 Å². The Morgan fingerprint density at radius 2 is 2.33 bits per heavy atom. The third kappa shape index (κ3) is 1.82. The molecule has 0 saturated carbocycles. The maximum atomic E-state index is 11.7. The fourth-order valence-electron chi connectivity index (χ4n) is 2.23. The van der Waals surface area contributed by atoms with Crippen LogP contribution in [0.5, 0.6) is 0 Å².